The fourth-order valence-corrected chi connectivity index (χ4v) is 5.87. The van der Waals surface area contributed by atoms with Crippen molar-refractivity contribution in [2.75, 3.05) is 0 Å². The van der Waals surface area contributed by atoms with E-state index in [1.54, 1.807) is 6.07 Å². The summed E-state index contributed by atoms with van der Waals surface area (Å²) in [6.07, 6.45) is 12.1. The molecule has 0 saturated heterocycles. The molecule has 0 N–H and O–H groups in total. The van der Waals surface area contributed by atoms with E-state index in [2.05, 4.69) is 0 Å². The van der Waals surface area contributed by atoms with Crippen LogP contribution in [0.25, 0.3) is 0 Å². The molecular formula is C27H35F3. The van der Waals surface area contributed by atoms with E-state index < -0.39 is 12.3 Å². The molecule has 1 aromatic rings. The predicted octanol–water partition coefficient (Wildman–Crippen LogP) is 8.00. The minimum Gasteiger partial charge on any atom is -0.239 e. The number of alkyl halides is 2. The minimum absolute atomic E-state index is 0.106. The fourth-order valence-electron chi connectivity index (χ4n) is 5.87. The Bertz CT molecular complexity index is 779. The van der Waals surface area contributed by atoms with E-state index in [1.807, 2.05) is 31.2 Å². The minimum atomic E-state index is -1.46. The summed E-state index contributed by atoms with van der Waals surface area (Å²) in [5.74, 6) is 0.849. The second kappa shape index (κ2) is 9.75. The molecule has 0 radical (unpaired) electrons. The third-order valence-electron chi connectivity index (χ3n) is 7.79. The van der Waals surface area contributed by atoms with Gasteiger partial charge in [-0.1, -0.05) is 43.5 Å². The molecule has 2 fully saturated rings. The highest BCUT2D eigenvalue weighted by Crippen LogP contribution is 2.43. The highest BCUT2D eigenvalue weighted by molar-refractivity contribution is 5.35. The fraction of sp³-hybridized carbons (Fsp3) is 0.630. The van der Waals surface area contributed by atoms with Gasteiger partial charge in [-0.15, -0.1) is 0 Å². The number of hydrogen-bond acceptors (Lipinski definition) is 0. The molecule has 0 amide bonds. The van der Waals surface area contributed by atoms with E-state index in [1.165, 1.54) is 6.42 Å². The molecule has 0 spiro atoms. The molecule has 2 saturated carbocycles. The highest BCUT2D eigenvalue weighted by Gasteiger charge is 2.38. The first kappa shape index (κ1) is 21.7. The van der Waals surface area contributed by atoms with Crippen LogP contribution in [0.5, 0.6) is 0 Å². The van der Waals surface area contributed by atoms with Crippen molar-refractivity contribution in [2.45, 2.75) is 89.9 Å². The van der Waals surface area contributed by atoms with Crippen molar-refractivity contribution in [1.29, 1.82) is 0 Å². The molecule has 0 nitrogen and oxygen atoms in total. The molecule has 3 aliphatic carbocycles. The van der Waals surface area contributed by atoms with Crippen LogP contribution in [-0.4, -0.2) is 12.3 Å². The second-order valence-corrected chi connectivity index (χ2v) is 9.82. The quantitative estimate of drug-likeness (QED) is 0.456. The van der Waals surface area contributed by atoms with Gasteiger partial charge in [0.15, 0.2) is 12.3 Å². The smallest absolute Gasteiger partial charge is 0.157 e. The molecule has 30 heavy (non-hydrogen) atoms. The monoisotopic (exact) mass is 416 g/mol. The first-order chi connectivity index (χ1) is 14.5. The topological polar surface area (TPSA) is 0 Å². The van der Waals surface area contributed by atoms with Gasteiger partial charge in [-0.2, -0.15) is 0 Å². The Morgan fingerprint density at radius 2 is 1.40 bits per heavy atom. The summed E-state index contributed by atoms with van der Waals surface area (Å²) in [4.78, 5) is 0. The summed E-state index contributed by atoms with van der Waals surface area (Å²) >= 11 is 0. The van der Waals surface area contributed by atoms with Crippen LogP contribution in [0.1, 0.15) is 75.3 Å². The summed E-state index contributed by atoms with van der Waals surface area (Å²) in [7, 11) is 0. The third-order valence-corrected chi connectivity index (χ3v) is 7.79. The Hall–Kier alpha value is -1.51. The number of allylic oxidation sites excluding steroid dienone is 4. The molecule has 1 aromatic carbocycles. The Morgan fingerprint density at radius 1 is 0.800 bits per heavy atom. The van der Waals surface area contributed by atoms with Crippen molar-refractivity contribution >= 4 is 0 Å². The van der Waals surface area contributed by atoms with E-state index >= 15 is 4.39 Å². The van der Waals surface area contributed by atoms with Crippen LogP contribution < -0.4 is 0 Å². The van der Waals surface area contributed by atoms with Gasteiger partial charge in [0, 0.05) is 0 Å². The van der Waals surface area contributed by atoms with E-state index in [-0.39, 0.29) is 17.7 Å². The Balaban J connectivity index is 1.32. The molecular weight excluding hydrogens is 381 g/mol. The van der Waals surface area contributed by atoms with Gasteiger partial charge in [-0.05, 0) is 104 Å². The first-order valence-corrected chi connectivity index (χ1v) is 12.0. The van der Waals surface area contributed by atoms with Crippen molar-refractivity contribution in [3.8, 4) is 0 Å². The maximum Gasteiger partial charge on any atom is 0.157 e. The van der Waals surface area contributed by atoms with Crippen molar-refractivity contribution in [3.63, 3.8) is 0 Å². The van der Waals surface area contributed by atoms with Gasteiger partial charge < -0.3 is 0 Å². The van der Waals surface area contributed by atoms with Crippen LogP contribution >= 0.6 is 0 Å². The Labute approximate surface area is 179 Å². The Morgan fingerprint density at radius 3 is 2.00 bits per heavy atom. The van der Waals surface area contributed by atoms with Gasteiger partial charge >= 0.3 is 0 Å². The highest BCUT2D eigenvalue weighted by atomic mass is 19.2. The van der Waals surface area contributed by atoms with Crippen molar-refractivity contribution in [2.24, 2.45) is 17.8 Å². The molecule has 0 heterocycles. The zero-order valence-corrected chi connectivity index (χ0v) is 18.2. The molecule has 164 valence electrons. The largest absolute Gasteiger partial charge is 0.239 e. The number of aryl methyl sites for hydroxylation is 2. The van der Waals surface area contributed by atoms with E-state index in [0.29, 0.717) is 17.1 Å². The molecule has 0 aliphatic heterocycles. The molecule has 0 bridgehead atoms. The predicted molar refractivity (Wildman–Crippen MR) is 117 cm³/mol. The lowest BCUT2D eigenvalue weighted by Gasteiger charge is -2.36. The van der Waals surface area contributed by atoms with Crippen LogP contribution in [0, 0.1) is 30.5 Å². The molecule has 4 rings (SSSR count). The maximum atomic E-state index is 15.0. The normalized spacial score (nSPS) is 30.7. The maximum absolute atomic E-state index is 15.0. The van der Waals surface area contributed by atoms with Gasteiger partial charge in [-0.3, -0.25) is 0 Å². The van der Waals surface area contributed by atoms with Crippen LogP contribution in [0.3, 0.4) is 0 Å². The van der Waals surface area contributed by atoms with Crippen LogP contribution in [-0.2, 0) is 6.42 Å². The molecule has 3 aliphatic rings. The molecule has 2 unspecified atom stereocenters. The summed E-state index contributed by atoms with van der Waals surface area (Å²) in [5, 5.41) is 0. The average Bonchev–Trinajstić information content (AvgIpc) is 2.76. The van der Waals surface area contributed by atoms with Crippen LogP contribution in [0.15, 0.2) is 41.5 Å². The summed E-state index contributed by atoms with van der Waals surface area (Å²) in [6, 6.07) is 5.47. The number of halogens is 3. The van der Waals surface area contributed by atoms with Gasteiger partial charge in [0.25, 0.3) is 0 Å². The first-order valence-electron chi connectivity index (χ1n) is 12.0. The zero-order valence-electron chi connectivity index (χ0n) is 18.2. The van der Waals surface area contributed by atoms with Crippen molar-refractivity contribution in [1.82, 2.24) is 0 Å². The molecule has 2 atom stereocenters. The Kier molecular flexibility index (Phi) is 7.05. The molecule has 3 heteroatoms. The number of rotatable bonds is 5. The lowest BCUT2D eigenvalue weighted by Crippen LogP contribution is -2.33. The standard InChI is InChI=1S/C27H35F3/c1-18-7-11-22(25(28)17-18)14-10-19-8-12-21(13-9-19)24-16-15-23(26(29)27(24)30)20-5-3-2-4-6-20/h7,11,15-17,19-21,26-27H,2-6,8-10,12-14H2,1H3. The third kappa shape index (κ3) is 4.86. The molecule has 0 aromatic heterocycles. The van der Waals surface area contributed by atoms with Gasteiger partial charge in [0.05, 0.1) is 0 Å². The summed E-state index contributed by atoms with van der Waals surface area (Å²) in [6.45, 7) is 1.90. The van der Waals surface area contributed by atoms with E-state index in [0.717, 1.165) is 75.3 Å². The van der Waals surface area contributed by atoms with Crippen molar-refractivity contribution < 1.29 is 13.2 Å². The van der Waals surface area contributed by atoms with Gasteiger partial charge in [0.2, 0.25) is 0 Å². The summed E-state index contributed by atoms with van der Waals surface area (Å²) < 4.78 is 44.1. The summed E-state index contributed by atoms with van der Waals surface area (Å²) in [5.41, 5.74) is 3.14. The number of hydrogen-bond donors (Lipinski definition) is 0. The average molecular weight is 417 g/mol. The zero-order chi connectivity index (χ0) is 21.1. The lowest BCUT2D eigenvalue weighted by molar-refractivity contribution is 0.177. The van der Waals surface area contributed by atoms with E-state index in [4.69, 9.17) is 0 Å². The van der Waals surface area contributed by atoms with Gasteiger partial charge in [-0.25, -0.2) is 13.2 Å². The van der Waals surface area contributed by atoms with Crippen molar-refractivity contribution in [3.05, 3.63) is 58.4 Å². The second-order valence-electron chi connectivity index (χ2n) is 9.82. The van der Waals surface area contributed by atoms with Crippen LogP contribution in [0.4, 0.5) is 13.2 Å². The van der Waals surface area contributed by atoms with Crippen LogP contribution in [0.2, 0.25) is 0 Å². The van der Waals surface area contributed by atoms with Gasteiger partial charge in [0.1, 0.15) is 5.82 Å². The lowest BCUT2D eigenvalue weighted by atomic mass is 9.72. The SMILES string of the molecule is Cc1ccc(CCC2CCC(C3=CC=C(C4CCCCC4)C(F)C3F)CC2)c(F)c1. The number of benzene rings is 1. The van der Waals surface area contributed by atoms with E-state index in [9.17, 15) is 8.78 Å².